The summed E-state index contributed by atoms with van der Waals surface area (Å²) in [6.07, 6.45) is 2.35. The summed E-state index contributed by atoms with van der Waals surface area (Å²) < 4.78 is 0. The number of hydrogen-bond acceptors (Lipinski definition) is 4. The maximum Gasteiger partial charge on any atom is 0.254 e. The van der Waals surface area contributed by atoms with Crippen molar-refractivity contribution < 1.29 is 19.8 Å². The minimum Gasteiger partial charge on any atom is -0.508 e. The van der Waals surface area contributed by atoms with Gasteiger partial charge >= 0.3 is 0 Å². The predicted octanol–water partition coefficient (Wildman–Crippen LogP) is 0.838. The van der Waals surface area contributed by atoms with Crippen LogP contribution in [0, 0.1) is 0 Å². The molecule has 2 amide bonds. The molecule has 6 heteroatoms. The van der Waals surface area contributed by atoms with Crippen LogP contribution >= 0.6 is 0 Å². The standard InChI is InChI=1S/C14H18N2O4/c1-15-13(19)12-4-2-3-5-16(12)14(20)9-6-10(17)8-11(18)7-9/h6-8,12,17-18H,2-5H2,1H3,(H,15,19). The van der Waals surface area contributed by atoms with Crippen molar-refractivity contribution in [2.45, 2.75) is 25.3 Å². The number of nitrogens with zero attached hydrogens (tertiary/aromatic N) is 1. The lowest BCUT2D eigenvalue weighted by molar-refractivity contribution is -0.126. The highest BCUT2D eigenvalue weighted by atomic mass is 16.3. The van der Waals surface area contributed by atoms with Gasteiger partial charge in [-0.15, -0.1) is 0 Å². The highest BCUT2D eigenvalue weighted by Gasteiger charge is 2.32. The predicted molar refractivity (Wildman–Crippen MR) is 72.5 cm³/mol. The van der Waals surface area contributed by atoms with Crippen molar-refractivity contribution in [3.63, 3.8) is 0 Å². The fourth-order valence-corrected chi connectivity index (χ4v) is 2.50. The summed E-state index contributed by atoms with van der Waals surface area (Å²) in [5.41, 5.74) is 0.179. The van der Waals surface area contributed by atoms with E-state index >= 15 is 0 Å². The zero-order valence-corrected chi connectivity index (χ0v) is 11.3. The molecular formula is C14H18N2O4. The molecule has 3 N–H and O–H groups in total. The van der Waals surface area contributed by atoms with Crippen molar-refractivity contribution >= 4 is 11.8 Å². The van der Waals surface area contributed by atoms with Gasteiger partial charge in [0.2, 0.25) is 5.91 Å². The molecule has 1 atom stereocenters. The summed E-state index contributed by atoms with van der Waals surface area (Å²) in [5, 5.41) is 21.5. The van der Waals surface area contributed by atoms with Crippen LogP contribution in [0.3, 0.4) is 0 Å². The second kappa shape index (κ2) is 5.81. The van der Waals surface area contributed by atoms with Crippen molar-refractivity contribution in [2.24, 2.45) is 0 Å². The first-order valence-electron chi connectivity index (χ1n) is 6.58. The molecule has 108 valence electrons. The number of hydrogen-bond donors (Lipinski definition) is 3. The van der Waals surface area contributed by atoms with Crippen molar-refractivity contribution in [3.8, 4) is 11.5 Å². The van der Waals surface area contributed by atoms with Crippen LogP contribution in [0.2, 0.25) is 0 Å². The minimum absolute atomic E-state index is 0.179. The molecule has 1 aliphatic heterocycles. The molecule has 1 aromatic rings. The average Bonchev–Trinajstić information content (AvgIpc) is 2.44. The summed E-state index contributed by atoms with van der Waals surface area (Å²) in [5.74, 6) is -0.907. The van der Waals surface area contributed by atoms with Gasteiger partial charge < -0.3 is 20.4 Å². The smallest absolute Gasteiger partial charge is 0.254 e. The first kappa shape index (κ1) is 14.2. The Morgan fingerprint density at radius 3 is 2.45 bits per heavy atom. The Morgan fingerprint density at radius 2 is 1.85 bits per heavy atom. The second-order valence-corrected chi connectivity index (χ2v) is 4.86. The van der Waals surface area contributed by atoms with Gasteiger partial charge in [0.25, 0.3) is 5.91 Å². The minimum atomic E-state index is -0.495. The highest BCUT2D eigenvalue weighted by Crippen LogP contribution is 2.24. The van der Waals surface area contributed by atoms with Gasteiger partial charge in [-0.2, -0.15) is 0 Å². The number of piperidine rings is 1. The Hall–Kier alpha value is -2.24. The van der Waals surface area contributed by atoms with Crippen molar-refractivity contribution in [1.29, 1.82) is 0 Å². The van der Waals surface area contributed by atoms with Gasteiger partial charge in [0.05, 0.1) is 0 Å². The Bertz CT molecular complexity index is 510. The van der Waals surface area contributed by atoms with Crippen LogP contribution in [0.15, 0.2) is 18.2 Å². The molecule has 0 radical (unpaired) electrons. The van der Waals surface area contributed by atoms with Crippen LogP contribution in [-0.4, -0.2) is 46.6 Å². The van der Waals surface area contributed by atoms with E-state index in [1.165, 1.54) is 17.0 Å². The Kier molecular flexibility index (Phi) is 4.12. The van der Waals surface area contributed by atoms with Gasteiger partial charge in [-0.1, -0.05) is 0 Å². The average molecular weight is 278 g/mol. The number of likely N-dealkylation sites (tertiary alicyclic amines) is 1. The topological polar surface area (TPSA) is 89.9 Å². The first-order valence-corrected chi connectivity index (χ1v) is 6.58. The van der Waals surface area contributed by atoms with E-state index in [4.69, 9.17) is 0 Å². The second-order valence-electron chi connectivity index (χ2n) is 4.86. The van der Waals surface area contributed by atoms with E-state index in [0.29, 0.717) is 13.0 Å². The van der Waals surface area contributed by atoms with Crippen LogP contribution in [-0.2, 0) is 4.79 Å². The Morgan fingerprint density at radius 1 is 1.20 bits per heavy atom. The molecule has 20 heavy (non-hydrogen) atoms. The first-order chi connectivity index (χ1) is 9.52. The van der Waals surface area contributed by atoms with Crippen molar-refractivity contribution in [3.05, 3.63) is 23.8 Å². The Labute approximate surface area is 117 Å². The van der Waals surface area contributed by atoms with Crippen molar-refractivity contribution in [2.75, 3.05) is 13.6 Å². The molecule has 0 aliphatic carbocycles. The Balaban J connectivity index is 2.27. The van der Waals surface area contributed by atoms with E-state index in [-0.39, 0.29) is 28.9 Å². The van der Waals surface area contributed by atoms with Crippen LogP contribution in [0.1, 0.15) is 29.6 Å². The van der Waals surface area contributed by atoms with E-state index in [9.17, 15) is 19.8 Å². The molecule has 1 saturated heterocycles. The normalized spacial score (nSPS) is 18.6. The maximum atomic E-state index is 12.5. The molecule has 0 spiro atoms. The fourth-order valence-electron chi connectivity index (χ4n) is 2.50. The number of rotatable bonds is 2. The number of phenolic OH excluding ortho intramolecular Hbond substituents is 2. The lowest BCUT2D eigenvalue weighted by Crippen LogP contribution is -2.51. The summed E-state index contributed by atoms with van der Waals surface area (Å²) >= 11 is 0. The fraction of sp³-hybridized carbons (Fsp3) is 0.429. The molecule has 1 unspecified atom stereocenters. The molecule has 1 aromatic carbocycles. The summed E-state index contributed by atoms with van der Waals surface area (Å²) in [4.78, 5) is 25.8. The number of phenols is 2. The quantitative estimate of drug-likeness (QED) is 0.747. The summed E-state index contributed by atoms with van der Waals surface area (Å²) in [6, 6.07) is 3.24. The van der Waals surface area contributed by atoms with Gasteiger partial charge in [-0.25, -0.2) is 0 Å². The number of benzene rings is 1. The van der Waals surface area contributed by atoms with Crippen LogP contribution in [0.4, 0.5) is 0 Å². The third kappa shape index (κ3) is 2.84. The van der Waals surface area contributed by atoms with E-state index in [2.05, 4.69) is 5.32 Å². The van der Waals surface area contributed by atoms with Gasteiger partial charge in [0.15, 0.2) is 0 Å². The van der Waals surface area contributed by atoms with Crippen LogP contribution in [0.5, 0.6) is 11.5 Å². The van der Waals surface area contributed by atoms with E-state index in [1.54, 1.807) is 7.05 Å². The molecule has 0 aromatic heterocycles. The number of carbonyl (C=O) groups is 2. The molecule has 0 bridgehead atoms. The zero-order chi connectivity index (χ0) is 14.7. The van der Waals surface area contributed by atoms with Gasteiger partial charge in [0.1, 0.15) is 17.5 Å². The summed E-state index contributed by atoms with van der Waals surface area (Å²) in [7, 11) is 1.54. The lowest BCUT2D eigenvalue weighted by Gasteiger charge is -2.34. The van der Waals surface area contributed by atoms with E-state index in [1.807, 2.05) is 0 Å². The number of likely N-dealkylation sites (N-methyl/N-ethyl adjacent to an activating group) is 1. The van der Waals surface area contributed by atoms with Crippen LogP contribution in [0.25, 0.3) is 0 Å². The molecule has 0 saturated carbocycles. The highest BCUT2D eigenvalue weighted by molar-refractivity contribution is 5.98. The largest absolute Gasteiger partial charge is 0.508 e. The molecular weight excluding hydrogens is 260 g/mol. The molecule has 6 nitrogen and oxygen atoms in total. The SMILES string of the molecule is CNC(=O)C1CCCCN1C(=O)c1cc(O)cc(O)c1. The number of carbonyl (C=O) groups excluding carboxylic acids is 2. The monoisotopic (exact) mass is 278 g/mol. The van der Waals surface area contributed by atoms with E-state index in [0.717, 1.165) is 18.9 Å². The molecule has 1 fully saturated rings. The van der Waals surface area contributed by atoms with Crippen LogP contribution < -0.4 is 5.32 Å². The number of amides is 2. The summed E-state index contributed by atoms with van der Waals surface area (Å²) in [6.45, 7) is 0.493. The lowest BCUT2D eigenvalue weighted by atomic mass is 10.00. The molecule has 1 heterocycles. The molecule has 1 aliphatic rings. The van der Waals surface area contributed by atoms with Gasteiger partial charge in [-0.05, 0) is 31.4 Å². The van der Waals surface area contributed by atoms with Gasteiger partial charge in [0, 0.05) is 25.2 Å². The molecule has 2 rings (SSSR count). The zero-order valence-electron chi connectivity index (χ0n) is 11.3. The number of nitrogens with one attached hydrogen (secondary N) is 1. The van der Waals surface area contributed by atoms with E-state index < -0.39 is 6.04 Å². The van der Waals surface area contributed by atoms with Crippen molar-refractivity contribution in [1.82, 2.24) is 10.2 Å². The number of aromatic hydroxyl groups is 2. The van der Waals surface area contributed by atoms with Gasteiger partial charge in [-0.3, -0.25) is 9.59 Å². The maximum absolute atomic E-state index is 12.5. The third-order valence-electron chi connectivity index (χ3n) is 3.46. The third-order valence-corrected chi connectivity index (χ3v) is 3.46.